The summed E-state index contributed by atoms with van der Waals surface area (Å²) in [6, 6.07) is -11.6. The third-order valence-electron chi connectivity index (χ3n) is 5.70. The van der Waals surface area contributed by atoms with Crippen molar-refractivity contribution in [3.8, 4) is 11.1 Å². The largest absolute Gasteiger partial charge is 0.456 e. The first kappa shape index (κ1) is 7.60. The van der Waals surface area contributed by atoms with Crippen LogP contribution in [0.2, 0.25) is 0 Å². The number of rotatable bonds is 1. The molecule has 0 saturated carbocycles. The smallest absolute Gasteiger partial charge is 0.136 e. The fourth-order valence-electron chi connectivity index (χ4n) is 4.23. The van der Waals surface area contributed by atoms with E-state index in [1.54, 1.807) is 0 Å². The number of hydrogen-bond donors (Lipinski definition) is 0. The highest BCUT2D eigenvalue weighted by Gasteiger charge is 2.14. The first-order valence-corrected chi connectivity index (χ1v) is 9.91. The van der Waals surface area contributed by atoms with E-state index < -0.39 is 131 Å². The number of benzene rings is 7. The van der Waals surface area contributed by atoms with Gasteiger partial charge in [0.05, 0.1) is 24.7 Å². The molecule has 0 aliphatic rings. The minimum absolute atomic E-state index is 0.144. The van der Waals surface area contributed by atoms with Crippen molar-refractivity contribution < 1.29 is 29.1 Å². The summed E-state index contributed by atoms with van der Waals surface area (Å²) in [6.45, 7) is 0. The first-order valence-electron chi connectivity index (χ1n) is 18.9. The van der Waals surface area contributed by atoms with E-state index in [2.05, 4.69) is 0 Å². The molecular weight excluding hydrogens is 400 g/mol. The van der Waals surface area contributed by atoms with Gasteiger partial charge >= 0.3 is 0 Å². The molecule has 8 rings (SSSR count). The van der Waals surface area contributed by atoms with Gasteiger partial charge in [-0.15, -0.1) is 0 Å². The van der Waals surface area contributed by atoms with Gasteiger partial charge in [0.2, 0.25) is 0 Å². The van der Waals surface area contributed by atoms with E-state index in [-0.39, 0.29) is 53.9 Å². The highest BCUT2D eigenvalue weighted by atomic mass is 16.3. The molecule has 8 aromatic rings. The second kappa shape index (κ2) is 6.11. The summed E-state index contributed by atoms with van der Waals surface area (Å²) >= 11 is 0. The average Bonchev–Trinajstić information content (AvgIpc) is 3.51. The van der Waals surface area contributed by atoms with Gasteiger partial charge in [-0.05, 0) is 78.4 Å². The normalized spacial score (nSPS) is 19.9. The van der Waals surface area contributed by atoms with E-state index in [1.165, 1.54) is 0 Å². The molecule has 0 aliphatic heterocycles. The third kappa shape index (κ3) is 2.31. The molecule has 0 atom stereocenters. The lowest BCUT2D eigenvalue weighted by molar-refractivity contribution is 0.669. The Kier molecular flexibility index (Phi) is 1.41. The summed E-state index contributed by atoms with van der Waals surface area (Å²) < 4.78 is 163. The first-order chi connectivity index (χ1) is 23.9. The molecule has 152 valence electrons. The standard InChI is InChI=1S/C32H18O/c1-2-5-23-18-30-28(16-22(23)4-1)27-17-24(12-15-29(27)33-30)25-13-10-21-9-8-19-6-3-7-20-11-14-26(25)32(21)31(19)20/h1-18H/i1D,2D,3D,4D,5D,6D,7D,8D,9D,10D,11D,12D,13D,14D,15D,16D,17D,18D. The van der Waals surface area contributed by atoms with Crippen LogP contribution in [0.4, 0.5) is 0 Å². The van der Waals surface area contributed by atoms with Gasteiger partial charge in [-0.2, -0.15) is 0 Å². The lowest BCUT2D eigenvalue weighted by atomic mass is 9.89. The maximum atomic E-state index is 9.40. The Bertz CT molecular complexity index is 2970. The molecule has 0 saturated heterocycles. The van der Waals surface area contributed by atoms with Crippen molar-refractivity contribution in [2.45, 2.75) is 0 Å². The zero-order valence-corrected chi connectivity index (χ0v) is 16.4. The zero-order chi connectivity index (χ0) is 37.2. The lowest BCUT2D eigenvalue weighted by Gasteiger charge is -2.14. The van der Waals surface area contributed by atoms with Crippen molar-refractivity contribution in [1.29, 1.82) is 0 Å². The molecule has 0 N–H and O–H groups in total. The van der Waals surface area contributed by atoms with Crippen LogP contribution in [0.25, 0.3) is 76.2 Å². The predicted octanol–water partition coefficient (Wildman–Crippen LogP) is 9.30. The highest BCUT2D eigenvalue weighted by molar-refractivity contribution is 6.25. The molecule has 0 fully saturated rings. The Morgan fingerprint density at radius 1 is 0.455 bits per heavy atom. The van der Waals surface area contributed by atoms with Crippen molar-refractivity contribution >= 4 is 65.0 Å². The molecule has 1 heterocycles. The molecular formula is C32H18O. The van der Waals surface area contributed by atoms with Gasteiger partial charge in [-0.25, -0.2) is 0 Å². The Labute approximate surface area is 215 Å². The molecule has 0 radical (unpaired) electrons. The van der Waals surface area contributed by atoms with E-state index in [1.807, 2.05) is 0 Å². The highest BCUT2D eigenvalue weighted by Crippen LogP contribution is 2.41. The fraction of sp³-hybridized carbons (Fsp3) is 0. The van der Waals surface area contributed by atoms with Gasteiger partial charge < -0.3 is 4.42 Å². The molecule has 0 bridgehead atoms. The Balaban J connectivity index is 1.66. The molecule has 0 amide bonds. The summed E-state index contributed by atoms with van der Waals surface area (Å²) in [4.78, 5) is 0. The van der Waals surface area contributed by atoms with Crippen LogP contribution in [0.15, 0.2) is 113 Å². The molecule has 1 heteroatoms. The molecule has 7 aromatic carbocycles. The molecule has 0 spiro atoms. The maximum Gasteiger partial charge on any atom is 0.136 e. The predicted molar refractivity (Wildman–Crippen MR) is 140 cm³/mol. The van der Waals surface area contributed by atoms with Crippen LogP contribution in [-0.2, 0) is 0 Å². The fourth-order valence-corrected chi connectivity index (χ4v) is 4.23. The van der Waals surface area contributed by atoms with Crippen molar-refractivity contribution in [3.05, 3.63) is 109 Å². The molecule has 1 nitrogen and oxygen atoms in total. The van der Waals surface area contributed by atoms with Crippen molar-refractivity contribution in [2.24, 2.45) is 0 Å². The van der Waals surface area contributed by atoms with Gasteiger partial charge in [-0.3, -0.25) is 0 Å². The SMILES string of the molecule is [2H]c1c(-c2c([2H])c([2H])c3c([2H])c([2H])c4c([2H])c([2H])c([2H])c5c([2H])c([2H])c2c3c45)c([2H])c2c(oc3c([2H])c4c([2H])c([2H])c([2H])c([2H])c4c([2H])c32)c1[2H]. The molecule has 33 heavy (non-hydrogen) atoms. The average molecular weight is 437 g/mol. The molecule has 0 aliphatic carbocycles. The van der Waals surface area contributed by atoms with Crippen molar-refractivity contribution in [2.75, 3.05) is 0 Å². The second-order valence-corrected chi connectivity index (χ2v) is 7.51. The van der Waals surface area contributed by atoms with Gasteiger partial charge in [0.25, 0.3) is 0 Å². The van der Waals surface area contributed by atoms with E-state index >= 15 is 0 Å². The van der Waals surface area contributed by atoms with E-state index in [0.717, 1.165) is 0 Å². The Morgan fingerprint density at radius 2 is 1.12 bits per heavy atom. The Morgan fingerprint density at radius 3 is 1.97 bits per heavy atom. The van der Waals surface area contributed by atoms with Crippen molar-refractivity contribution in [3.63, 3.8) is 0 Å². The van der Waals surface area contributed by atoms with E-state index in [9.17, 15) is 1.37 Å². The minimum Gasteiger partial charge on any atom is -0.456 e. The quantitative estimate of drug-likeness (QED) is 0.234. The number of hydrogen-bond acceptors (Lipinski definition) is 1. The van der Waals surface area contributed by atoms with Crippen LogP contribution in [-0.4, -0.2) is 0 Å². The zero-order valence-electron chi connectivity index (χ0n) is 34.4. The van der Waals surface area contributed by atoms with Crippen LogP contribution in [0.3, 0.4) is 0 Å². The third-order valence-corrected chi connectivity index (χ3v) is 5.70. The summed E-state index contributed by atoms with van der Waals surface area (Å²) in [5.74, 6) is 0. The second-order valence-electron chi connectivity index (χ2n) is 7.51. The number of fused-ring (bicyclic) bond motifs is 4. The van der Waals surface area contributed by atoms with E-state index in [0.29, 0.717) is 0 Å². The van der Waals surface area contributed by atoms with Crippen LogP contribution < -0.4 is 0 Å². The van der Waals surface area contributed by atoms with Gasteiger partial charge in [-0.1, -0.05) is 84.6 Å². The van der Waals surface area contributed by atoms with Gasteiger partial charge in [0, 0.05) is 10.8 Å². The van der Waals surface area contributed by atoms with Crippen LogP contribution in [0.1, 0.15) is 24.7 Å². The van der Waals surface area contributed by atoms with E-state index in [4.69, 9.17) is 27.7 Å². The topological polar surface area (TPSA) is 13.1 Å². The van der Waals surface area contributed by atoms with Gasteiger partial charge in [0.1, 0.15) is 11.2 Å². The summed E-state index contributed by atoms with van der Waals surface area (Å²) in [7, 11) is 0. The minimum atomic E-state index is -0.740. The summed E-state index contributed by atoms with van der Waals surface area (Å²) in [6.07, 6.45) is 0. The summed E-state index contributed by atoms with van der Waals surface area (Å²) in [5, 5.41) is -2.85. The molecule has 1 aromatic heterocycles. The van der Waals surface area contributed by atoms with Crippen LogP contribution >= 0.6 is 0 Å². The maximum absolute atomic E-state index is 9.40. The Hall–Kier alpha value is -4.36. The number of furan rings is 1. The lowest BCUT2D eigenvalue weighted by Crippen LogP contribution is -1.87. The van der Waals surface area contributed by atoms with Crippen LogP contribution in [0.5, 0.6) is 0 Å². The molecule has 0 unspecified atom stereocenters. The van der Waals surface area contributed by atoms with Gasteiger partial charge in [0.15, 0.2) is 0 Å². The monoisotopic (exact) mass is 436 g/mol. The van der Waals surface area contributed by atoms with Crippen LogP contribution in [0, 0.1) is 0 Å². The van der Waals surface area contributed by atoms with Crippen molar-refractivity contribution in [1.82, 2.24) is 0 Å². The summed E-state index contributed by atoms with van der Waals surface area (Å²) in [5.41, 5.74) is -1.81.